The molecule has 3 unspecified atom stereocenters. The van der Waals surface area contributed by atoms with E-state index < -0.39 is 18.0 Å². The zero-order valence-electron chi connectivity index (χ0n) is 23.5. The molecule has 6 nitrogen and oxygen atoms in total. The molecular weight excluding hydrogens is 456 g/mol. The molecule has 0 bridgehead atoms. The van der Waals surface area contributed by atoms with Crippen LogP contribution in [-0.4, -0.2) is 53.5 Å². The van der Waals surface area contributed by atoms with E-state index in [-0.39, 0.29) is 58.9 Å². The summed E-state index contributed by atoms with van der Waals surface area (Å²) >= 11 is 0. The number of aliphatic hydroxyl groups is 2. The highest BCUT2D eigenvalue weighted by Gasteiger charge is 2.71. The molecule has 3 N–H and O–H groups in total. The van der Waals surface area contributed by atoms with Gasteiger partial charge < -0.3 is 24.8 Å². The van der Waals surface area contributed by atoms with Crippen molar-refractivity contribution in [3.05, 3.63) is 11.6 Å². The molecule has 4 fully saturated rings. The molecule has 4 rings (SSSR count). The lowest BCUT2D eigenvalue weighted by Gasteiger charge is -2.69. The minimum atomic E-state index is -0.778. The Bertz CT molecular complexity index is 852. The Kier molecular flexibility index (Phi) is 7.78. The second-order valence-electron chi connectivity index (χ2n) is 13.7. The number of aliphatic hydroxyl groups excluding tert-OH is 2. The van der Waals surface area contributed by atoms with E-state index in [2.05, 4.69) is 27.7 Å². The first-order chi connectivity index (χ1) is 16.8. The summed E-state index contributed by atoms with van der Waals surface area (Å²) in [5.41, 5.74) is 0.804. The highest BCUT2D eigenvalue weighted by molar-refractivity contribution is 5.71. The van der Waals surface area contributed by atoms with Gasteiger partial charge in [-0.3, -0.25) is 4.79 Å². The van der Waals surface area contributed by atoms with Crippen LogP contribution in [0.25, 0.3) is 0 Å². The smallest absolute Gasteiger partial charge is 0.307 e. The second kappa shape index (κ2) is 9.98. The van der Waals surface area contributed by atoms with Gasteiger partial charge in [0.15, 0.2) is 0 Å². The third kappa shape index (κ3) is 4.19. The minimum Gasteiger partial charge on any atom is -0.481 e. The van der Waals surface area contributed by atoms with Gasteiger partial charge in [-0.25, -0.2) is 0 Å². The van der Waals surface area contributed by atoms with Crippen LogP contribution in [0.5, 0.6) is 0 Å². The number of rotatable bonds is 7. The lowest BCUT2D eigenvalue weighted by molar-refractivity contribution is -0.240. The van der Waals surface area contributed by atoms with E-state index in [0.717, 1.165) is 37.7 Å². The van der Waals surface area contributed by atoms with Crippen LogP contribution in [0.4, 0.5) is 0 Å². The molecule has 4 aliphatic carbocycles. The highest BCUT2D eigenvalue weighted by atomic mass is 16.7. The highest BCUT2D eigenvalue weighted by Crippen LogP contribution is 2.74. The first-order valence-corrected chi connectivity index (χ1v) is 14.1. The Morgan fingerprint density at radius 1 is 1.06 bits per heavy atom. The van der Waals surface area contributed by atoms with Crippen molar-refractivity contribution in [1.82, 2.24) is 0 Å². The van der Waals surface area contributed by atoms with Crippen molar-refractivity contribution in [2.45, 2.75) is 105 Å². The van der Waals surface area contributed by atoms with Crippen molar-refractivity contribution in [2.24, 2.45) is 51.8 Å². The van der Waals surface area contributed by atoms with Crippen LogP contribution >= 0.6 is 0 Å². The molecule has 0 aromatic carbocycles. The molecule has 4 saturated carbocycles. The number of aliphatic carboxylic acids is 1. The van der Waals surface area contributed by atoms with E-state index >= 15 is 0 Å². The molecule has 4 aliphatic rings. The number of ether oxygens (including phenoxy) is 2. The van der Waals surface area contributed by atoms with E-state index in [4.69, 9.17) is 9.47 Å². The summed E-state index contributed by atoms with van der Waals surface area (Å²) in [6, 6.07) is 0. The zero-order valence-corrected chi connectivity index (χ0v) is 23.5. The van der Waals surface area contributed by atoms with Gasteiger partial charge in [-0.1, -0.05) is 39.3 Å². The number of carboxylic acid groups (broad SMARTS) is 1. The second-order valence-corrected chi connectivity index (χ2v) is 13.7. The Balaban J connectivity index is 1.76. The summed E-state index contributed by atoms with van der Waals surface area (Å²) in [7, 11) is 1.61. The summed E-state index contributed by atoms with van der Waals surface area (Å²) in [6.07, 6.45) is 6.74. The van der Waals surface area contributed by atoms with Crippen molar-refractivity contribution < 1.29 is 29.6 Å². The maximum Gasteiger partial charge on any atom is 0.307 e. The van der Waals surface area contributed by atoms with Crippen LogP contribution in [0.3, 0.4) is 0 Å². The quantitative estimate of drug-likeness (QED) is 0.322. The SMILES string of the molecule is COCO[C@H]1C[C@@]2(C)C(C[C@@H](O)C3[C@@]4(C)CC[C@@H](O)[C@@H](C)C4CC[C@@]32C)[C@H]1[C@@H](CC=C(C)C)C(=O)O. The third-order valence-electron chi connectivity index (χ3n) is 11.9. The molecule has 36 heavy (non-hydrogen) atoms. The summed E-state index contributed by atoms with van der Waals surface area (Å²) in [5, 5.41) is 33.0. The number of carbonyl (C=O) groups is 1. The van der Waals surface area contributed by atoms with Crippen LogP contribution in [0.1, 0.15) is 86.5 Å². The van der Waals surface area contributed by atoms with Crippen molar-refractivity contribution in [1.29, 1.82) is 0 Å². The predicted molar refractivity (Wildman–Crippen MR) is 139 cm³/mol. The van der Waals surface area contributed by atoms with Gasteiger partial charge in [0.05, 0.1) is 24.2 Å². The maximum atomic E-state index is 12.6. The summed E-state index contributed by atoms with van der Waals surface area (Å²) in [4.78, 5) is 12.6. The van der Waals surface area contributed by atoms with Crippen LogP contribution in [0.2, 0.25) is 0 Å². The van der Waals surface area contributed by atoms with Gasteiger partial charge in [0.25, 0.3) is 0 Å². The van der Waals surface area contributed by atoms with Crippen LogP contribution in [-0.2, 0) is 14.3 Å². The van der Waals surface area contributed by atoms with Gasteiger partial charge in [-0.15, -0.1) is 0 Å². The minimum absolute atomic E-state index is 0.0335. The Hall–Kier alpha value is -0.950. The van der Waals surface area contributed by atoms with Crippen LogP contribution < -0.4 is 0 Å². The van der Waals surface area contributed by atoms with Crippen molar-refractivity contribution in [3.8, 4) is 0 Å². The Labute approximate surface area is 217 Å². The van der Waals surface area contributed by atoms with E-state index in [1.807, 2.05) is 19.9 Å². The van der Waals surface area contributed by atoms with E-state index in [1.165, 1.54) is 0 Å². The number of allylic oxidation sites excluding steroid dienone is 2. The van der Waals surface area contributed by atoms with Gasteiger partial charge in [0.2, 0.25) is 0 Å². The predicted octanol–water partition coefficient (Wildman–Crippen LogP) is 5.27. The molecule has 0 radical (unpaired) electrons. The molecule has 0 saturated heterocycles. The largest absolute Gasteiger partial charge is 0.481 e. The molecule has 0 heterocycles. The zero-order chi connectivity index (χ0) is 26.6. The molecule has 0 aromatic heterocycles. The third-order valence-corrected chi connectivity index (χ3v) is 11.9. The molecule has 12 atom stereocenters. The van der Waals surface area contributed by atoms with Gasteiger partial charge in [0, 0.05) is 13.0 Å². The van der Waals surface area contributed by atoms with Crippen molar-refractivity contribution in [3.63, 3.8) is 0 Å². The number of hydrogen-bond acceptors (Lipinski definition) is 5. The van der Waals surface area contributed by atoms with Gasteiger partial charge in [-0.05, 0) is 98.7 Å². The average molecular weight is 507 g/mol. The molecule has 206 valence electrons. The van der Waals surface area contributed by atoms with Crippen molar-refractivity contribution in [2.75, 3.05) is 13.9 Å². The molecular formula is C30H50O6. The first-order valence-electron chi connectivity index (χ1n) is 14.1. The number of carboxylic acids is 1. The Morgan fingerprint density at radius 3 is 2.36 bits per heavy atom. The first kappa shape index (κ1) is 28.1. The normalized spacial score (nSPS) is 48.9. The monoisotopic (exact) mass is 506 g/mol. The average Bonchev–Trinajstić information content (AvgIpc) is 3.07. The van der Waals surface area contributed by atoms with Crippen molar-refractivity contribution >= 4 is 5.97 Å². The molecule has 0 amide bonds. The van der Waals surface area contributed by atoms with Crippen LogP contribution in [0.15, 0.2) is 11.6 Å². The summed E-state index contributed by atoms with van der Waals surface area (Å²) in [6.45, 7) is 13.5. The van der Waals surface area contributed by atoms with E-state index in [0.29, 0.717) is 18.8 Å². The summed E-state index contributed by atoms with van der Waals surface area (Å²) < 4.78 is 11.5. The lowest BCUT2D eigenvalue weighted by Crippen LogP contribution is -2.66. The van der Waals surface area contributed by atoms with E-state index in [1.54, 1.807) is 7.11 Å². The topological polar surface area (TPSA) is 96.2 Å². The number of hydrogen-bond donors (Lipinski definition) is 3. The van der Waals surface area contributed by atoms with Gasteiger partial charge in [-0.2, -0.15) is 0 Å². The lowest BCUT2D eigenvalue weighted by atomic mass is 9.36. The number of methoxy groups -OCH3 is 1. The fourth-order valence-corrected chi connectivity index (χ4v) is 10.1. The fourth-order valence-electron chi connectivity index (χ4n) is 10.1. The molecule has 6 heteroatoms. The molecule has 0 spiro atoms. The fraction of sp³-hybridized carbons (Fsp3) is 0.900. The van der Waals surface area contributed by atoms with E-state index in [9.17, 15) is 20.1 Å². The molecule has 0 aromatic rings. The molecule has 0 aliphatic heterocycles. The maximum absolute atomic E-state index is 12.6. The van der Waals surface area contributed by atoms with Gasteiger partial charge >= 0.3 is 5.97 Å². The van der Waals surface area contributed by atoms with Crippen LogP contribution in [0, 0.1) is 51.8 Å². The Morgan fingerprint density at radius 2 is 1.75 bits per heavy atom. The van der Waals surface area contributed by atoms with Gasteiger partial charge in [0.1, 0.15) is 6.79 Å². The summed E-state index contributed by atoms with van der Waals surface area (Å²) in [5.74, 6) is -0.685. The standard InChI is InChI=1S/C30H50O6/c1-17(2)8-9-19(27(33)34)25-21-14-23(32)26-28(4)12-11-22(31)18(3)20(28)10-13-29(26,5)30(21,6)15-24(25)36-16-35-7/h8,18-26,31-32H,9-16H2,1-7H3,(H,33,34)/t18-,19+,20?,21?,22+,23+,24-,25+,26?,28-,29-,30-/m0/s1. The number of fused-ring (bicyclic) bond motifs is 5.